The second-order valence-electron chi connectivity index (χ2n) is 7.00. The lowest BCUT2D eigenvalue weighted by Gasteiger charge is -2.12. The number of nitrogens with one attached hydrogen (secondary N) is 1. The van der Waals surface area contributed by atoms with E-state index in [1.165, 1.54) is 18.2 Å². The van der Waals surface area contributed by atoms with Crippen LogP contribution in [0.5, 0.6) is 0 Å². The molecule has 3 aromatic rings. The number of halogens is 2. The average molecular weight is 412 g/mol. The summed E-state index contributed by atoms with van der Waals surface area (Å²) in [6.45, 7) is 0. The number of benzene rings is 2. The molecule has 0 radical (unpaired) electrons. The highest BCUT2D eigenvalue weighted by Crippen LogP contribution is 2.35. The van der Waals surface area contributed by atoms with Crippen LogP contribution in [0.2, 0.25) is 0 Å². The van der Waals surface area contributed by atoms with Crippen LogP contribution in [0.3, 0.4) is 0 Å². The maximum absolute atomic E-state index is 14.2. The zero-order chi connectivity index (χ0) is 20.6. The van der Waals surface area contributed by atoms with Gasteiger partial charge in [-0.1, -0.05) is 12.1 Å². The standard InChI is InChI=1S/C22H18F2N2O2S/c1-29(27,28)26-18-10-14(9-17(24)13-18)11-21-19-6-5-16(23)12-15(19)4-7-22-20(21)3-2-8-25-22/h2-3,5-6,8-13,26H,4,7H2,1H3/b21-11-. The predicted molar refractivity (Wildman–Crippen MR) is 110 cm³/mol. The lowest BCUT2D eigenvalue weighted by molar-refractivity contribution is 0.606. The van der Waals surface area contributed by atoms with Crippen molar-refractivity contribution in [2.24, 2.45) is 0 Å². The van der Waals surface area contributed by atoms with Crippen LogP contribution in [0, 0.1) is 11.6 Å². The summed E-state index contributed by atoms with van der Waals surface area (Å²) >= 11 is 0. The van der Waals surface area contributed by atoms with Gasteiger partial charge in [0.2, 0.25) is 10.0 Å². The lowest BCUT2D eigenvalue weighted by Crippen LogP contribution is -2.09. The molecule has 0 fully saturated rings. The van der Waals surface area contributed by atoms with Crippen LogP contribution in [0.25, 0.3) is 11.6 Å². The minimum absolute atomic E-state index is 0.138. The molecule has 0 aliphatic heterocycles. The summed E-state index contributed by atoms with van der Waals surface area (Å²) in [6.07, 6.45) is 5.79. The topological polar surface area (TPSA) is 59.1 Å². The molecule has 1 aliphatic carbocycles. The molecule has 0 saturated heterocycles. The fourth-order valence-corrected chi connectivity index (χ4v) is 4.15. The Morgan fingerprint density at radius 1 is 1.00 bits per heavy atom. The summed E-state index contributed by atoms with van der Waals surface area (Å²) in [5.74, 6) is -0.878. The number of fused-ring (bicyclic) bond motifs is 2. The summed E-state index contributed by atoms with van der Waals surface area (Å²) in [5.41, 5.74) is 4.87. The Hall–Kier alpha value is -3.06. The summed E-state index contributed by atoms with van der Waals surface area (Å²) in [7, 11) is -3.54. The molecule has 0 atom stereocenters. The van der Waals surface area contributed by atoms with Crippen molar-refractivity contribution in [2.75, 3.05) is 11.0 Å². The minimum Gasteiger partial charge on any atom is -0.284 e. The Labute approximate surface area is 168 Å². The molecule has 0 amide bonds. The minimum atomic E-state index is -3.54. The number of hydrogen-bond acceptors (Lipinski definition) is 3. The summed E-state index contributed by atoms with van der Waals surface area (Å²) in [6, 6.07) is 12.4. The van der Waals surface area contributed by atoms with Gasteiger partial charge < -0.3 is 0 Å². The number of rotatable bonds is 3. The van der Waals surface area contributed by atoms with Crippen molar-refractivity contribution in [3.05, 3.63) is 94.3 Å². The van der Waals surface area contributed by atoms with Gasteiger partial charge in [-0.3, -0.25) is 9.71 Å². The summed E-state index contributed by atoms with van der Waals surface area (Å²) in [5, 5.41) is 0. The Kier molecular flexibility index (Phi) is 4.92. The van der Waals surface area contributed by atoms with Gasteiger partial charge in [-0.15, -0.1) is 0 Å². The van der Waals surface area contributed by atoms with E-state index < -0.39 is 15.8 Å². The van der Waals surface area contributed by atoms with Gasteiger partial charge in [0.05, 0.1) is 11.9 Å². The van der Waals surface area contributed by atoms with Gasteiger partial charge in [0.25, 0.3) is 0 Å². The van der Waals surface area contributed by atoms with Gasteiger partial charge in [0, 0.05) is 17.5 Å². The summed E-state index contributed by atoms with van der Waals surface area (Å²) < 4.78 is 53.3. The molecule has 4 nitrogen and oxygen atoms in total. The van der Waals surface area contributed by atoms with Crippen molar-refractivity contribution in [3.63, 3.8) is 0 Å². The van der Waals surface area contributed by atoms with Crippen molar-refractivity contribution in [2.45, 2.75) is 12.8 Å². The van der Waals surface area contributed by atoms with Crippen molar-refractivity contribution >= 4 is 27.4 Å². The first-order valence-electron chi connectivity index (χ1n) is 9.02. The third kappa shape index (κ3) is 4.35. The molecule has 2 aromatic carbocycles. The molecule has 1 aliphatic rings. The maximum Gasteiger partial charge on any atom is 0.229 e. The number of hydrogen-bond donors (Lipinski definition) is 1. The number of anilines is 1. The maximum atomic E-state index is 14.2. The quantitative estimate of drug-likeness (QED) is 0.693. The zero-order valence-corrected chi connectivity index (χ0v) is 16.4. The van der Waals surface area contributed by atoms with E-state index in [0.717, 1.165) is 40.3 Å². The molecule has 0 spiro atoms. The molecule has 1 heterocycles. The Morgan fingerprint density at radius 2 is 1.83 bits per heavy atom. The molecular formula is C22H18F2N2O2S. The fourth-order valence-electron chi connectivity index (χ4n) is 3.60. The van der Waals surface area contributed by atoms with Gasteiger partial charge in [-0.05, 0) is 77.6 Å². The van der Waals surface area contributed by atoms with Crippen molar-refractivity contribution < 1.29 is 17.2 Å². The fraction of sp³-hybridized carbons (Fsp3) is 0.136. The first-order valence-corrected chi connectivity index (χ1v) is 10.9. The van der Waals surface area contributed by atoms with Crippen molar-refractivity contribution in [1.82, 2.24) is 4.98 Å². The second kappa shape index (κ2) is 7.40. The molecule has 0 bridgehead atoms. The van der Waals surface area contributed by atoms with Gasteiger partial charge in [0.1, 0.15) is 11.6 Å². The number of aryl methyl sites for hydroxylation is 2. The highest BCUT2D eigenvalue weighted by atomic mass is 32.2. The van der Waals surface area contributed by atoms with E-state index in [1.54, 1.807) is 24.4 Å². The molecular weight excluding hydrogens is 394 g/mol. The third-order valence-electron chi connectivity index (χ3n) is 4.70. The van der Waals surface area contributed by atoms with E-state index in [9.17, 15) is 17.2 Å². The van der Waals surface area contributed by atoms with Crippen LogP contribution >= 0.6 is 0 Å². The van der Waals surface area contributed by atoms with Crippen molar-refractivity contribution in [1.29, 1.82) is 0 Å². The van der Waals surface area contributed by atoms with E-state index in [-0.39, 0.29) is 11.5 Å². The van der Waals surface area contributed by atoms with E-state index in [0.29, 0.717) is 18.4 Å². The molecule has 0 unspecified atom stereocenters. The molecule has 4 rings (SSSR count). The van der Waals surface area contributed by atoms with E-state index in [1.807, 2.05) is 12.1 Å². The van der Waals surface area contributed by atoms with Crippen LogP contribution in [-0.2, 0) is 22.9 Å². The van der Waals surface area contributed by atoms with Crippen LogP contribution < -0.4 is 4.72 Å². The molecule has 148 valence electrons. The lowest BCUT2D eigenvalue weighted by atomic mass is 9.93. The third-order valence-corrected chi connectivity index (χ3v) is 5.31. The monoisotopic (exact) mass is 412 g/mol. The van der Waals surface area contributed by atoms with E-state index in [4.69, 9.17) is 0 Å². The van der Waals surface area contributed by atoms with Gasteiger partial charge in [-0.2, -0.15) is 0 Å². The molecule has 1 N–H and O–H groups in total. The molecule has 29 heavy (non-hydrogen) atoms. The molecule has 0 saturated carbocycles. The average Bonchev–Trinajstić information content (AvgIpc) is 2.77. The number of pyridine rings is 1. The predicted octanol–water partition coefficient (Wildman–Crippen LogP) is 4.42. The van der Waals surface area contributed by atoms with Crippen LogP contribution in [0.1, 0.15) is 27.9 Å². The Bertz CT molecular complexity index is 1240. The van der Waals surface area contributed by atoms with Crippen LogP contribution in [0.15, 0.2) is 54.7 Å². The van der Waals surface area contributed by atoms with E-state index >= 15 is 0 Å². The van der Waals surface area contributed by atoms with Crippen molar-refractivity contribution in [3.8, 4) is 0 Å². The van der Waals surface area contributed by atoms with Gasteiger partial charge >= 0.3 is 0 Å². The molecule has 7 heteroatoms. The highest BCUT2D eigenvalue weighted by molar-refractivity contribution is 7.92. The SMILES string of the molecule is CS(=O)(=O)Nc1cc(F)cc(/C=C2/c3ccc(F)cc3CCc3ncccc32)c1. The largest absolute Gasteiger partial charge is 0.284 e. The normalized spacial score (nSPS) is 14.8. The highest BCUT2D eigenvalue weighted by Gasteiger charge is 2.19. The molecule has 1 aromatic heterocycles. The summed E-state index contributed by atoms with van der Waals surface area (Å²) in [4.78, 5) is 4.46. The number of nitrogens with zero attached hydrogens (tertiary/aromatic N) is 1. The first kappa shape index (κ1) is 19.3. The van der Waals surface area contributed by atoms with E-state index in [2.05, 4.69) is 9.71 Å². The Balaban J connectivity index is 1.91. The number of aromatic nitrogens is 1. The van der Waals surface area contributed by atoms with Crippen LogP contribution in [-0.4, -0.2) is 19.7 Å². The zero-order valence-electron chi connectivity index (χ0n) is 15.6. The Morgan fingerprint density at radius 3 is 2.62 bits per heavy atom. The smallest absolute Gasteiger partial charge is 0.229 e. The number of sulfonamides is 1. The van der Waals surface area contributed by atoms with Gasteiger partial charge in [-0.25, -0.2) is 17.2 Å². The van der Waals surface area contributed by atoms with Crippen LogP contribution in [0.4, 0.5) is 14.5 Å². The second-order valence-corrected chi connectivity index (χ2v) is 8.75. The first-order chi connectivity index (χ1) is 13.8. The van der Waals surface area contributed by atoms with Gasteiger partial charge in [0.15, 0.2) is 0 Å².